The maximum absolute atomic E-state index is 13.8. The number of rotatable bonds is 9. The van der Waals surface area contributed by atoms with Gasteiger partial charge in [0, 0.05) is 13.5 Å². The van der Waals surface area contributed by atoms with Crippen LogP contribution in [0.15, 0.2) is 34.7 Å². The Hall–Kier alpha value is -2.74. The van der Waals surface area contributed by atoms with Gasteiger partial charge in [0.1, 0.15) is 11.6 Å². The quantitative estimate of drug-likeness (QED) is 0.621. The molecule has 0 radical (unpaired) electrons. The number of carbonyl (C=O) groups excluding carboxylic acids is 2. The van der Waals surface area contributed by atoms with Gasteiger partial charge >= 0.3 is 0 Å². The first-order valence-electron chi connectivity index (χ1n) is 11.4. The van der Waals surface area contributed by atoms with Crippen LogP contribution in [0.5, 0.6) is 0 Å². The van der Waals surface area contributed by atoms with Gasteiger partial charge in [-0.2, -0.15) is 0 Å². The van der Waals surface area contributed by atoms with Crippen LogP contribution in [0.2, 0.25) is 0 Å². The summed E-state index contributed by atoms with van der Waals surface area (Å²) in [5.41, 5.74) is 5.72. The number of hydrogen-bond donors (Lipinski definition) is 2. The Labute approximate surface area is 188 Å². The van der Waals surface area contributed by atoms with Gasteiger partial charge in [0.2, 0.25) is 23.6 Å². The van der Waals surface area contributed by atoms with E-state index < -0.39 is 11.1 Å². The van der Waals surface area contributed by atoms with Crippen LogP contribution in [-0.2, 0) is 21.5 Å². The molecule has 1 unspecified atom stereocenters. The van der Waals surface area contributed by atoms with Crippen molar-refractivity contribution in [3.8, 4) is 0 Å². The second kappa shape index (κ2) is 8.65. The van der Waals surface area contributed by atoms with Crippen molar-refractivity contribution in [1.82, 2.24) is 20.4 Å². The van der Waals surface area contributed by atoms with E-state index in [2.05, 4.69) is 27.6 Å². The molecule has 1 aromatic carbocycles. The van der Waals surface area contributed by atoms with Gasteiger partial charge < -0.3 is 20.4 Å². The molecular formula is C24H33N5O3. The average molecular weight is 440 g/mol. The third kappa shape index (κ3) is 4.85. The first-order valence-corrected chi connectivity index (χ1v) is 11.4. The lowest BCUT2D eigenvalue weighted by atomic mass is 9.90. The Kier molecular flexibility index (Phi) is 6.07. The predicted octanol–water partition coefficient (Wildman–Crippen LogP) is 2.84. The average Bonchev–Trinajstić information content (AvgIpc) is 3.29. The Morgan fingerprint density at radius 3 is 2.62 bits per heavy atom. The van der Waals surface area contributed by atoms with E-state index in [-0.39, 0.29) is 17.9 Å². The number of hydrogen-bond acceptors (Lipinski definition) is 6. The summed E-state index contributed by atoms with van der Waals surface area (Å²) < 4.78 is 5.97. The van der Waals surface area contributed by atoms with Crippen LogP contribution in [0.3, 0.4) is 0 Å². The van der Waals surface area contributed by atoms with Crippen LogP contribution < -0.4 is 11.1 Å². The van der Waals surface area contributed by atoms with Gasteiger partial charge in [0.05, 0.1) is 5.54 Å². The summed E-state index contributed by atoms with van der Waals surface area (Å²) in [6.07, 6.45) is 4.91. The third-order valence-corrected chi connectivity index (χ3v) is 6.40. The molecule has 2 heterocycles. The van der Waals surface area contributed by atoms with Crippen molar-refractivity contribution in [1.29, 1.82) is 0 Å². The van der Waals surface area contributed by atoms with E-state index in [1.165, 1.54) is 12.5 Å². The summed E-state index contributed by atoms with van der Waals surface area (Å²) in [5, 5.41) is 11.4. The summed E-state index contributed by atoms with van der Waals surface area (Å²) in [7, 11) is 0. The highest BCUT2D eigenvalue weighted by molar-refractivity contribution is 5.93. The van der Waals surface area contributed by atoms with Crippen LogP contribution in [-0.4, -0.2) is 39.0 Å². The molecule has 8 nitrogen and oxygen atoms in total. The van der Waals surface area contributed by atoms with Crippen LogP contribution in [0.1, 0.15) is 76.3 Å². The minimum Gasteiger partial charge on any atom is -0.421 e. The van der Waals surface area contributed by atoms with Crippen molar-refractivity contribution in [2.45, 2.75) is 76.4 Å². The molecule has 2 atom stereocenters. The zero-order valence-corrected chi connectivity index (χ0v) is 19.1. The van der Waals surface area contributed by atoms with E-state index in [0.29, 0.717) is 43.5 Å². The zero-order chi connectivity index (χ0) is 22.9. The minimum absolute atomic E-state index is 0.0515. The van der Waals surface area contributed by atoms with E-state index >= 15 is 0 Å². The second-order valence-electron chi connectivity index (χ2n) is 9.87. The standard InChI is InChI=1S/C24H33N5O3/c1-16(30)26-24(15-18-9-10-18)13-14-29(22(24)31)19(12-11-17-7-5-4-6-8-17)20-27-28-21(32-20)23(2,3)25/h4-8,18-19H,9-15,25H2,1-3H3,(H,26,30)/t19-,24?/m0/s1. The van der Waals surface area contributed by atoms with Crippen molar-refractivity contribution < 1.29 is 14.0 Å². The first kappa shape index (κ1) is 22.5. The molecule has 172 valence electrons. The number of aryl methyl sites for hydroxylation is 1. The molecule has 2 amide bonds. The van der Waals surface area contributed by atoms with Gasteiger partial charge in [-0.25, -0.2) is 0 Å². The summed E-state index contributed by atoms with van der Waals surface area (Å²) in [4.78, 5) is 27.6. The lowest BCUT2D eigenvalue weighted by Gasteiger charge is -2.31. The fourth-order valence-corrected chi connectivity index (χ4v) is 4.59. The highest BCUT2D eigenvalue weighted by atomic mass is 16.4. The predicted molar refractivity (Wildman–Crippen MR) is 119 cm³/mol. The van der Waals surface area contributed by atoms with Crippen molar-refractivity contribution in [2.24, 2.45) is 11.7 Å². The molecule has 2 aliphatic rings. The van der Waals surface area contributed by atoms with E-state index in [1.54, 1.807) is 0 Å². The van der Waals surface area contributed by atoms with Crippen LogP contribution >= 0.6 is 0 Å². The number of likely N-dealkylation sites (tertiary alicyclic amines) is 1. The summed E-state index contributed by atoms with van der Waals surface area (Å²) in [6, 6.07) is 9.76. The van der Waals surface area contributed by atoms with Crippen LogP contribution in [0, 0.1) is 5.92 Å². The highest BCUT2D eigenvalue weighted by Crippen LogP contribution is 2.43. The van der Waals surface area contributed by atoms with Gasteiger partial charge in [-0.15, -0.1) is 10.2 Å². The number of nitrogens with one attached hydrogen (secondary N) is 1. The Bertz CT molecular complexity index is 964. The lowest BCUT2D eigenvalue weighted by molar-refractivity contribution is -0.139. The third-order valence-electron chi connectivity index (χ3n) is 6.40. The topological polar surface area (TPSA) is 114 Å². The van der Waals surface area contributed by atoms with Crippen molar-refractivity contribution in [3.63, 3.8) is 0 Å². The molecule has 3 N–H and O–H groups in total. The molecule has 0 bridgehead atoms. The molecule has 1 aromatic heterocycles. The molecule has 4 rings (SSSR count). The SMILES string of the molecule is CC(=O)NC1(CC2CC2)CCN([C@@H](CCc2ccccc2)c2nnc(C(C)(C)N)o2)C1=O. The first-order chi connectivity index (χ1) is 15.2. The van der Waals surface area contributed by atoms with Gasteiger partial charge in [0.15, 0.2) is 0 Å². The van der Waals surface area contributed by atoms with E-state index in [1.807, 2.05) is 36.9 Å². The smallest absolute Gasteiger partial charge is 0.249 e. The maximum Gasteiger partial charge on any atom is 0.249 e. The molecule has 2 fully saturated rings. The number of amides is 2. The van der Waals surface area contributed by atoms with Gasteiger partial charge in [-0.1, -0.05) is 43.2 Å². The number of nitrogens with two attached hydrogens (primary N) is 1. The van der Waals surface area contributed by atoms with Gasteiger partial charge in [-0.3, -0.25) is 9.59 Å². The molecule has 2 aromatic rings. The van der Waals surface area contributed by atoms with Crippen LogP contribution in [0.25, 0.3) is 0 Å². The Morgan fingerprint density at radius 2 is 2.03 bits per heavy atom. The van der Waals surface area contributed by atoms with Crippen molar-refractivity contribution >= 4 is 11.8 Å². The fourth-order valence-electron chi connectivity index (χ4n) is 4.59. The van der Waals surface area contributed by atoms with Crippen molar-refractivity contribution in [2.75, 3.05) is 6.54 Å². The Morgan fingerprint density at radius 1 is 1.31 bits per heavy atom. The maximum atomic E-state index is 13.8. The number of benzene rings is 1. The van der Waals surface area contributed by atoms with Crippen molar-refractivity contribution in [3.05, 3.63) is 47.7 Å². The Balaban J connectivity index is 1.62. The fraction of sp³-hybridized carbons (Fsp3) is 0.583. The molecule has 1 aliphatic carbocycles. The molecule has 1 aliphatic heterocycles. The van der Waals surface area contributed by atoms with E-state index in [0.717, 1.165) is 19.3 Å². The second-order valence-corrected chi connectivity index (χ2v) is 9.87. The number of carbonyl (C=O) groups is 2. The monoisotopic (exact) mass is 439 g/mol. The molecule has 32 heavy (non-hydrogen) atoms. The summed E-state index contributed by atoms with van der Waals surface area (Å²) in [6.45, 7) is 5.63. The minimum atomic E-state index is -0.839. The normalized spacial score (nSPS) is 22.2. The number of nitrogens with zero attached hydrogens (tertiary/aromatic N) is 3. The van der Waals surface area contributed by atoms with E-state index in [9.17, 15) is 9.59 Å². The highest BCUT2D eigenvalue weighted by Gasteiger charge is 2.52. The van der Waals surface area contributed by atoms with Gasteiger partial charge in [-0.05, 0) is 51.0 Å². The lowest BCUT2D eigenvalue weighted by Crippen LogP contribution is -2.54. The zero-order valence-electron chi connectivity index (χ0n) is 19.1. The molecular weight excluding hydrogens is 406 g/mol. The van der Waals surface area contributed by atoms with Gasteiger partial charge in [0.25, 0.3) is 0 Å². The largest absolute Gasteiger partial charge is 0.421 e. The van der Waals surface area contributed by atoms with E-state index in [4.69, 9.17) is 10.2 Å². The molecule has 1 saturated heterocycles. The number of aromatic nitrogens is 2. The molecule has 0 spiro atoms. The molecule has 1 saturated carbocycles. The van der Waals surface area contributed by atoms with Crippen LogP contribution in [0.4, 0.5) is 0 Å². The summed E-state index contributed by atoms with van der Waals surface area (Å²) >= 11 is 0. The summed E-state index contributed by atoms with van der Waals surface area (Å²) in [5.74, 6) is 1.01. The molecule has 8 heteroatoms.